The Morgan fingerprint density at radius 3 is 2.59 bits per heavy atom. The van der Waals surface area contributed by atoms with Gasteiger partial charge in [0.15, 0.2) is 0 Å². The number of hydrogen-bond acceptors (Lipinski definition) is 7. The zero-order valence-electron chi connectivity index (χ0n) is 19.5. The number of likely N-dealkylation sites (tertiary alicyclic amines) is 1. The second kappa shape index (κ2) is 10.3. The van der Waals surface area contributed by atoms with Gasteiger partial charge in [-0.1, -0.05) is 0 Å². The fraction of sp³-hybridized carbons (Fsp3) is 0.625. The summed E-state index contributed by atoms with van der Waals surface area (Å²) in [6.07, 6.45) is 2.92. The largest absolute Gasteiger partial charge is 0.494 e. The van der Waals surface area contributed by atoms with Gasteiger partial charge >= 0.3 is 6.09 Å². The first-order chi connectivity index (χ1) is 15.6. The van der Waals surface area contributed by atoms with E-state index in [2.05, 4.69) is 9.80 Å². The Balaban J connectivity index is 1.39. The van der Waals surface area contributed by atoms with Gasteiger partial charge in [0.05, 0.1) is 24.4 Å². The summed E-state index contributed by atoms with van der Waals surface area (Å²) >= 11 is 0. The summed E-state index contributed by atoms with van der Waals surface area (Å²) in [6.45, 7) is 12.5. The molecule has 174 valence electrons. The molecule has 0 spiro atoms. The topological polar surface area (TPSA) is 71.0 Å². The molecule has 32 heavy (non-hydrogen) atoms. The van der Waals surface area contributed by atoms with Crippen LogP contribution in [0.1, 0.15) is 38.8 Å². The highest BCUT2D eigenvalue weighted by atomic mass is 16.6. The minimum absolute atomic E-state index is 0.176. The minimum Gasteiger partial charge on any atom is -0.494 e. The van der Waals surface area contributed by atoms with Crippen LogP contribution in [0, 0.1) is 6.92 Å². The van der Waals surface area contributed by atoms with Crippen LogP contribution in [0.4, 0.5) is 10.7 Å². The molecule has 8 nitrogen and oxygen atoms in total. The van der Waals surface area contributed by atoms with Crippen molar-refractivity contribution in [1.29, 1.82) is 0 Å². The van der Waals surface area contributed by atoms with Gasteiger partial charge in [-0.05, 0) is 58.2 Å². The van der Waals surface area contributed by atoms with Crippen LogP contribution in [0.5, 0.6) is 5.75 Å². The van der Waals surface area contributed by atoms with Crippen molar-refractivity contribution in [1.82, 2.24) is 19.8 Å². The summed E-state index contributed by atoms with van der Waals surface area (Å²) in [4.78, 5) is 28.4. The summed E-state index contributed by atoms with van der Waals surface area (Å²) in [6, 6.07) is 6.57. The van der Waals surface area contributed by atoms with Gasteiger partial charge in [0.1, 0.15) is 5.75 Å². The molecule has 3 heterocycles. The first-order valence-corrected chi connectivity index (χ1v) is 11.9. The van der Waals surface area contributed by atoms with Crippen molar-refractivity contribution in [3.8, 4) is 5.75 Å². The molecule has 1 amide bonds. The maximum Gasteiger partial charge on any atom is 0.409 e. The van der Waals surface area contributed by atoms with E-state index in [0.29, 0.717) is 19.3 Å². The Morgan fingerprint density at radius 2 is 1.84 bits per heavy atom. The maximum absolute atomic E-state index is 12.0. The van der Waals surface area contributed by atoms with Crippen LogP contribution in [0.15, 0.2) is 18.2 Å². The number of aryl methyl sites for hydroxylation is 1. The van der Waals surface area contributed by atoms with Crippen LogP contribution in [0.2, 0.25) is 0 Å². The molecule has 0 saturated carbocycles. The number of carbonyl (C=O) groups is 1. The summed E-state index contributed by atoms with van der Waals surface area (Å²) in [5, 5.41) is 1.05. The van der Waals surface area contributed by atoms with Crippen molar-refractivity contribution in [2.75, 3.05) is 57.4 Å². The number of carbonyl (C=O) groups excluding carboxylic acids is 1. The molecule has 0 N–H and O–H groups in total. The van der Waals surface area contributed by atoms with Crippen LogP contribution in [0.3, 0.4) is 0 Å². The SMILES string of the molecule is CCOC(=O)N1CCC(N2CCCN(c3nc(C)c4cc(OCC)ccc4n3)CC2)CC1. The number of piperidine rings is 1. The third-order valence-corrected chi connectivity index (χ3v) is 6.48. The fourth-order valence-electron chi connectivity index (χ4n) is 4.77. The summed E-state index contributed by atoms with van der Waals surface area (Å²) in [7, 11) is 0. The van der Waals surface area contributed by atoms with Crippen molar-refractivity contribution in [2.24, 2.45) is 0 Å². The molecule has 0 bridgehead atoms. The van der Waals surface area contributed by atoms with Crippen LogP contribution in [-0.4, -0.2) is 84.4 Å². The monoisotopic (exact) mass is 441 g/mol. The number of hydrogen-bond donors (Lipinski definition) is 0. The minimum atomic E-state index is -0.176. The van der Waals surface area contributed by atoms with E-state index in [1.165, 1.54) is 0 Å². The average Bonchev–Trinajstić information content (AvgIpc) is 3.06. The highest BCUT2D eigenvalue weighted by molar-refractivity contribution is 5.83. The second-order valence-electron chi connectivity index (χ2n) is 8.51. The molecule has 0 unspecified atom stereocenters. The molecule has 2 aliphatic rings. The Kier molecular flexibility index (Phi) is 7.29. The molecule has 0 atom stereocenters. The lowest BCUT2D eigenvalue weighted by Crippen LogP contribution is -2.47. The molecule has 2 aliphatic heterocycles. The highest BCUT2D eigenvalue weighted by Gasteiger charge is 2.29. The maximum atomic E-state index is 12.0. The number of amides is 1. The van der Waals surface area contributed by atoms with Crippen LogP contribution in [-0.2, 0) is 4.74 Å². The Morgan fingerprint density at radius 1 is 1.03 bits per heavy atom. The van der Waals surface area contributed by atoms with Crippen LogP contribution < -0.4 is 9.64 Å². The number of anilines is 1. The van der Waals surface area contributed by atoms with E-state index in [4.69, 9.17) is 19.4 Å². The fourth-order valence-corrected chi connectivity index (χ4v) is 4.77. The molecule has 0 aliphatic carbocycles. The third-order valence-electron chi connectivity index (χ3n) is 6.48. The van der Waals surface area contributed by atoms with E-state index in [-0.39, 0.29) is 6.09 Å². The van der Waals surface area contributed by atoms with E-state index in [1.54, 1.807) is 0 Å². The molecule has 2 fully saturated rings. The van der Waals surface area contributed by atoms with Crippen LogP contribution >= 0.6 is 0 Å². The molecular formula is C24H35N5O3. The number of fused-ring (bicyclic) bond motifs is 1. The molecule has 1 aromatic carbocycles. The van der Waals surface area contributed by atoms with Gasteiger partial charge in [-0.15, -0.1) is 0 Å². The smallest absolute Gasteiger partial charge is 0.409 e. The predicted molar refractivity (Wildman–Crippen MR) is 125 cm³/mol. The van der Waals surface area contributed by atoms with E-state index in [9.17, 15) is 4.79 Å². The predicted octanol–water partition coefficient (Wildman–Crippen LogP) is 3.47. The summed E-state index contributed by atoms with van der Waals surface area (Å²) in [5.41, 5.74) is 1.95. The zero-order valence-corrected chi connectivity index (χ0v) is 19.5. The van der Waals surface area contributed by atoms with Gasteiger partial charge < -0.3 is 19.3 Å². The molecule has 0 radical (unpaired) electrons. The Labute approximate surface area is 190 Å². The van der Waals surface area contributed by atoms with E-state index in [0.717, 1.165) is 86.8 Å². The number of ether oxygens (including phenoxy) is 2. The standard InChI is InChI=1S/C24H35N5O3/c1-4-31-20-7-8-22-21(17-20)18(3)25-23(26-22)28-12-6-11-27(15-16-28)19-9-13-29(14-10-19)24(30)32-5-2/h7-8,17,19H,4-6,9-16H2,1-3H3. The molecule has 2 saturated heterocycles. The second-order valence-corrected chi connectivity index (χ2v) is 8.51. The van der Waals surface area contributed by atoms with Crippen molar-refractivity contribution >= 4 is 22.9 Å². The lowest BCUT2D eigenvalue weighted by atomic mass is 10.0. The average molecular weight is 442 g/mol. The van der Waals surface area contributed by atoms with Gasteiger partial charge in [0, 0.05) is 50.7 Å². The highest BCUT2D eigenvalue weighted by Crippen LogP contribution is 2.25. The first kappa shape index (κ1) is 22.6. The summed E-state index contributed by atoms with van der Waals surface area (Å²) in [5.74, 6) is 1.68. The third kappa shape index (κ3) is 5.06. The number of benzene rings is 1. The molecular weight excluding hydrogens is 406 g/mol. The molecule has 2 aromatic rings. The Bertz CT molecular complexity index is 929. The van der Waals surface area contributed by atoms with Crippen LogP contribution in [0.25, 0.3) is 10.9 Å². The van der Waals surface area contributed by atoms with E-state index in [1.807, 2.05) is 43.9 Å². The van der Waals surface area contributed by atoms with Gasteiger partial charge in [-0.25, -0.2) is 14.8 Å². The molecule has 4 rings (SSSR count). The van der Waals surface area contributed by atoms with Crippen molar-refractivity contribution in [2.45, 2.75) is 46.1 Å². The first-order valence-electron chi connectivity index (χ1n) is 11.9. The van der Waals surface area contributed by atoms with Crippen molar-refractivity contribution < 1.29 is 14.3 Å². The summed E-state index contributed by atoms with van der Waals surface area (Å²) < 4.78 is 10.8. The molecule has 8 heteroatoms. The van der Waals surface area contributed by atoms with Crippen molar-refractivity contribution in [3.63, 3.8) is 0 Å². The lowest BCUT2D eigenvalue weighted by Gasteiger charge is -2.37. The van der Waals surface area contributed by atoms with E-state index < -0.39 is 0 Å². The van der Waals surface area contributed by atoms with Gasteiger partial charge in [0.25, 0.3) is 0 Å². The number of nitrogens with zero attached hydrogens (tertiary/aromatic N) is 5. The quantitative estimate of drug-likeness (QED) is 0.704. The van der Waals surface area contributed by atoms with Gasteiger partial charge in [-0.2, -0.15) is 0 Å². The van der Waals surface area contributed by atoms with E-state index >= 15 is 0 Å². The zero-order chi connectivity index (χ0) is 22.5. The Hall–Kier alpha value is -2.61. The van der Waals surface area contributed by atoms with Gasteiger partial charge in [-0.3, -0.25) is 4.90 Å². The number of aromatic nitrogens is 2. The van der Waals surface area contributed by atoms with Gasteiger partial charge in [0.2, 0.25) is 5.95 Å². The number of rotatable bonds is 5. The lowest BCUT2D eigenvalue weighted by molar-refractivity contribution is 0.0765. The molecule has 1 aromatic heterocycles. The van der Waals surface area contributed by atoms with Crippen molar-refractivity contribution in [3.05, 3.63) is 23.9 Å². The normalized spacial score (nSPS) is 18.6.